The predicted octanol–water partition coefficient (Wildman–Crippen LogP) is 2.37. The highest BCUT2D eigenvalue weighted by atomic mass is 127. The van der Waals surface area contributed by atoms with Crippen molar-refractivity contribution in [3.63, 3.8) is 0 Å². The fraction of sp³-hybridized carbons (Fsp3) is 0.647. The largest absolute Gasteiger partial charge is 0.496 e. The van der Waals surface area contributed by atoms with Crippen LogP contribution in [0.25, 0.3) is 0 Å². The number of pyridine rings is 1. The quantitative estimate of drug-likeness (QED) is 0.426. The van der Waals surface area contributed by atoms with Crippen LogP contribution in [0, 0.1) is 19.8 Å². The molecule has 1 aromatic heterocycles. The molecule has 1 fully saturated rings. The van der Waals surface area contributed by atoms with Gasteiger partial charge >= 0.3 is 0 Å². The lowest BCUT2D eigenvalue weighted by atomic mass is 10.1. The fourth-order valence-electron chi connectivity index (χ4n) is 3.00. The van der Waals surface area contributed by atoms with Gasteiger partial charge in [-0.3, -0.25) is 9.98 Å². The van der Waals surface area contributed by atoms with Crippen molar-refractivity contribution in [3.8, 4) is 5.75 Å². The molecule has 0 spiro atoms. The number of ether oxygens (including phenoxy) is 2. The first-order valence-electron chi connectivity index (χ1n) is 8.05. The predicted molar refractivity (Wildman–Crippen MR) is 107 cm³/mol. The number of aryl methyl sites for hydroxylation is 1. The zero-order valence-corrected chi connectivity index (χ0v) is 17.6. The number of halogens is 1. The number of methoxy groups -OCH3 is 1. The second-order valence-electron chi connectivity index (χ2n) is 6.06. The zero-order valence-electron chi connectivity index (χ0n) is 15.3. The number of hydrogen-bond acceptors (Lipinski definition) is 4. The number of nitrogens with zero attached hydrogens (tertiary/aromatic N) is 3. The van der Waals surface area contributed by atoms with Crippen LogP contribution in [0.4, 0.5) is 0 Å². The van der Waals surface area contributed by atoms with Gasteiger partial charge in [0.1, 0.15) is 5.75 Å². The number of aromatic nitrogens is 1. The number of hydrogen-bond donors (Lipinski definition) is 1. The molecule has 0 aliphatic carbocycles. The van der Waals surface area contributed by atoms with E-state index in [1.165, 1.54) is 0 Å². The van der Waals surface area contributed by atoms with Crippen LogP contribution >= 0.6 is 24.0 Å². The van der Waals surface area contributed by atoms with Gasteiger partial charge in [0.15, 0.2) is 5.96 Å². The van der Waals surface area contributed by atoms with Gasteiger partial charge < -0.3 is 19.7 Å². The van der Waals surface area contributed by atoms with E-state index >= 15 is 0 Å². The zero-order chi connectivity index (χ0) is 16.8. The molecule has 1 unspecified atom stereocenters. The summed E-state index contributed by atoms with van der Waals surface area (Å²) in [6.45, 7) is 7.34. The summed E-state index contributed by atoms with van der Waals surface area (Å²) in [6, 6.07) is 0. The third-order valence-corrected chi connectivity index (χ3v) is 4.29. The molecule has 136 valence electrons. The Morgan fingerprint density at radius 3 is 2.83 bits per heavy atom. The Bertz CT molecular complexity index is 560. The van der Waals surface area contributed by atoms with Crippen LogP contribution in [0.2, 0.25) is 0 Å². The third-order valence-electron chi connectivity index (χ3n) is 4.29. The maximum Gasteiger partial charge on any atom is 0.193 e. The van der Waals surface area contributed by atoms with Crippen molar-refractivity contribution in [2.75, 3.05) is 41.0 Å². The Kier molecular flexibility index (Phi) is 8.75. The summed E-state index contributed by atoms with van der Waals surface area (Å²) in [4.78, 5) is 11.0. The number of guanidine groups is 1. The van der Waals surface area contributed by atoms with Crippen LogP contribution in [0.3, 0.4) is 0 Å². The Labute approximate surface area is 162 Å². The van der Waals surface area contributed by atoms with E-state index in [-0.39, 0.29) is 24.0 Å². The Balaban J connectivity index is 0.00000288. The summed E-state index contributed by atoms with van der Waals surface area (Å²) in [5.41, 5.74) is 3.10. The average Bonchev–Trinajstić information content (AvgIpc) is 3.03. The van der Waals surface area contributed by atoms with Crippen LogP contribution in [0.5, 0.6) is 5.75 Å². The Morgan fingerprint density at radius 1 is 1.50 bits per heavy atom. The average molecular weight is 448 g/mol. The van der Waals surface area contributed by atoms with Crippen LogP contribution in [-0.4, -0.2) is 56.8 Å². The van der Waals surface area contributed by atoms with E-state index in [1.807, 2.05) is 20.0 Å². The summed E-state index contributed by atoms with van der Waals surface area (Å²) >= 11 is 0. The normalized spacial score (nSPS) is 17.4. The topological polar surface area (TPSA) is 59.0 Å². The van der Waals surface area contributed by atoms with Gasteiger partial charge in [0, 0.05) is 50.5 Å². The highest BCUT2D eigenvalue weighted by molar-refractivity contribution is 14.0. The number of nitrogens with one attached hydrogen (secondary N) is 1. The van der Waals surface area contributed by atoms with E-state index in [0.717, 1.165) is 54.7 Å². The summed E-state index contributed by atoms with van der Waals surface area (Å²) in [5.74, 6) is 2.36. The van der Waals surface area contributed by atoms with Crippen LogP contribution in [0.1, 0.15) is 23.2 Å². The number of aliphatic imine (C=N–C) groups is 1. The SMILES string of the molecule is CN=C(NCc1ncc(C)c(OC)c1C)N(C)CC1CCOC1.I. The minimum atomic E-state index is 0. The van der Waals surface area contributed by atoms with Crippen molar-refractivity contribution >= 4 is 29.9 Å². The molecule has 1 aliphatic rings. The van der Waals surface area contributed by atoms with Crippen molar-refractivity contribution in [2.24, 2.45) is 10.9 Å². The molecule has 1 aromatic rings. The van der Waals surface area contributed by atoms with E-state index in [2.05, 4.69) is 27.2 Å². The third kappa shape index (κ3) is 5.20. The monoisotopic (exact) mass is 448 g/mol. The van der Waals surface area contributed by atoms with Crippen LogP contribution in [-0.2, 0) is 11.3 Å². The van der Waals surface area contributed by atoms with E-state index in [1.54, 1.807) is 14.2 Å². The van der Waals surface area contributed by atoms with Crippen LogP contribution in [0.15, 0.2) is 11.2 Å². The van der Waals surface area contributed by atoms with Gasteiger partial charge in [-0.1, -0.05) is 0 Å². The molecule has 0 bridgehead atoms. The van der Waals surface area contributed by atoms with Crippen molar-refractivity contribution in [1.82, 2.24) is 15.2 Å². The van der Waals surface area contributed by atoms with E-state index < -0.39 is 0 Å². The molecule has 0 saturated carbocycles. The molecule has 1 saturated heterocycles. The highest BCUT2D eigenvalue weighted by Gasteiger charge is 2.19. The Hall–Kier alpha value is -1.09. The standard InChI is InChI=1S/C17H28N4O2.HI/c1-12-8-19-15(13(2)16(12)22-5)9-20-17(18-3)21(4)10-14-6-7-23-11-14;/h8,14H,6-7,9-11H2,1-5H3,(H,18,20);1H. The maximum absolute atomic E-state index is 5.46. The van der Waals surface area contributed by atoms with Crippen molar-refractivity contribution in [2.45, 2.75) is 26.8 Å². The first-order chi connectivity index (χ1) is 11.1. The van der Waals surface area contributed by atoms with Gasteiger partial charge in [0.25, 0.3) is 0 Å². The lowest BCUT2D eigenvalue weighted by Gasteiger charge is -2.24. The molecule has 1 aliphatic heterocycles. The molecule has 1 atom stereocenters. The molecule has 6 nitrogen and oxygen atoms in total. The van der Waals surface area contributed by atoms with Crippen LogP contribution < -0.4 is 10.1 Å². The second kappa shape index (κ2) is 10.0. The molecule has 0 aromatic carbocycles. The summed E-state index contributed by atoms with van der Waals surface area (Å²) < 4.78 is 10.9. The van der Waals surface area contributed by atoms with Gasteiger partial charge in [-0.25, -0.2) is 0 Å². The van der Waals surface area contributed by atoms with Crippen molar-refractivity contribution in [3.05, 3.63) is 23.0 Å². The molecule has 0 amide bonds. The summed E-state index contributed by atoms with van der Waals surface area (Å²) in [5, 5.41) is 3.39. The Morgan fingerprint density at radius 2 is 2.25 bits per heavy atom. The highest BCUT2D eigenvalue weighted by Crippen LogP contribution is 2.23. The minimum Gasteiger partial charge on any atom is -0.496 e. The van der Waals surface area contributed by atoms with Gasteiger partial charge in [0.05, 0.1) is 26.0 Å². The van der Waals surface area contributed by atoms with E-state index in [0.29, 0.717) is 12.5 Å². The molecule has 2 heterocycles. The van der Waals surface area contributed by atoms with Gasteiger partial charge in [-0.05, 0) is 20.3 Å². The number of rotatable bonds is 5. The lowest BCUT2D eigenvalue weighted by molar-refractivity contribution is 0.181. The maximum atomic E-state index is 5.46. The molecular weight excluding hydrogens is 419 g/mol. The molecule has 0 radical (unpaired) electrons. The molecular formula is C17H29IN4O2. The van der Waals surface area contributed by atoms with Gasteiger partial charge in [-0.15, -0.1) is 24.0 Å². The first-order valence-corrected chi connectivity index (χ1v) is 8.05. The van der Waals surface area contributed by atoms with Gasteiger partial charge in [-0.2, -0.15) is 0 Å². The van der Waals surface area contributed by atoms with Crippen molar-refractivity contribution in [1.29, 1.82) is 0 Å². The lowest BCUT2D eigenvalue weighted by Crippen LogP contribution is -2.41. The van der Waals surface area contributed by atoms with E-state index in [9.17, 15) is 0 Å². The molecule has 2 rings (SSSR count). The minimum absolute atomic E-state index is 0. The smallest absolute Gasteiger partial charge is 0.193 e. The fourth-order valence-corrected chi connectivity index (χ4v) is 3.00. The van der Waals surface area contributed by atoms with Gasteiger partial charge in [0.2, 0.25) is 0 Å². The first kappa shape index (κ1) is 21.0. The molecule has 7 heteroatoms. The van der Waals surface area contributed by atoms with Crippen molar-refractivity contribution < 1.29 is 9.47 Å². The summed E-state index contributed by atoms with van der Waals surface area (Å²) in [7, 11) is 5.56. The molecule has 24 heavy (non-hydrogen) atoms. The second-order valence-corrected chi connectivity index (χ2v) is 6.06. The molecule has 1 N–H and O–H groups in total. The van der Waals surface area contributed by atoms with E-state index in [4.69, 9.17) is 9.47 Å². The summed E-state index contributed by atoms with van der Waals surface area (Å²) in [6.07, 6.45) is 2.97.